The van der Waals surface area contributed by atoms with Crippen LogP contribution in [0.3, 0.4) is 0 Å². The number of likely N-dealkylation sites (N-methyl/N-ethyl adjacent to an activating group) is 1. The van der Waals surface area contributed by atoms with Crippen LogP contribution in [0, 0.1) is 17.1 Å². The zero-order chi connectivity index (χ0) is 19.3. The maximum Gasteiger partial charge on any atom is 0.237 e. The van der Waals surface area contributed by atoms with Crippen molar-refractivity contribution in [1.29, 1.82) is 5.26 Å². The Morgan fingerprint density at radius 2 is 1.92 bits per heavy atom. The second-order valence-electron chi connectivity index (χ2n) is 7.13. The molecule has 1 fully saturated rings. The van der Waals surface area contributed by atoms with Gasteiger partial charge in [-0.1, -0.05) is 0 Å². The number of nitriles is 1. The number of methoxy groups -OCH3 is 1. The molecule has 1 amide bonds. The molecule has 1 aliphatic rings. The van der Waals surface area contributed by atoms with Crippen LogP contribution in [0.15, 0.2) is 18.2 Å². The standard InChI is InChI=1S/C19H27FN4O2/c1-19(2,14-21)22(3)18(25)13-24-9-7-23(8-10-24)12-15-11-16(20)5-6-17(15)26-4/h5-6,11H,7-10,12-13H2,1-4H3. The van der Waals surface area contributed by atoms with Crippen molar-refractivity contribution in [3.05, 3.63) is 29.6 Å². The topological polar surface area (TPSA) is 59.8 Å². The van der Waals surface area contributed by atoms with E-state index in [-0.39, 0.29) is 11.7 Å². The molecule has 1 aromatic carbocycles. The number of carbonyl (C=O) groups is 1. The summed E-state index contributed by atoms with van der Waals surface area (Å²) in [4.78, 5) is 18.2. The summed E-state index contributed by atoms with van der Waals surface area (Å²) in [6.45, 7) is 7.47. The van der Waals surface area contributed by atoms with E-state index in [1.54, 1.807) is 34.1 Å². The van der Waals surface area contributed by atoms with Gasteiger partial charge in [0.1, 0.15) is 17.1 Å². The van der Waals surface area contributed by atoms with Crippen molar-refractivity contribution in [3.8, 4) is 11.8 Å². The zero-order valence-electron chi connectivity index (χ0n) is 16.0. The van der Waals surface area contributed by atoms with Gasteiger partial charge in [0, 0.05) is 45.3 Å². The normalized spacial score (nSPS) is 16.2. The molecule has 0 atom stereocenters. The predicted octanol–water partition coefficient (Wildman–Crippen LogP) is 1.71. The van der Waals surface area contributed by atoms with Crippen LogP contribution in [-0.4, -0.2) is 73.0 Å². The molecule has 0 aromatic heterocycles. The molecule has 1 saturated heterocycles. The van der Waals surface area contributed by atoms with Gasteiger partial charge in [0.2, 0.25) is 5.91 Å². The Morgan fingerprint density at radius 1 is 1.31 bits per heavy atom. The Kier molecular flexibility index (Phi) is 6.57. The Hall–Kier alpha value is -2.17. The third-order valence-electron chi connectivity index (χ3n) is 4.95. The summed E-state index contributed by atoms with van der Waals surface area (Å²) < 4.78 is 18.8. The summed E-state index contributed by atoms with van der Waals surface area (Å²) in [5.41, 5.74) is 0.0138. The van der Waals surface area contributed by atoms with Crippen molar-refractivity contribution in [2.24, 2.45) is 0 Å². The molecular weight excluding hydrogens is 335 g/mol. The molecule has 0 unspecified atom stereocenters. The molecule has 1 heterocycles. The van der Waals surface area contributed by atoms with Gasteiger partial charge in [0.05, 0.1) is 19.7 Å². The zero-order valence-corrected chi connectivity index (χ0v) is 16.0. The van der Waals surface area contributed by atoms with Crippen molar-refractivity contribution < 1.29 is 13.9 Å². The van der Waals surface area contributed by atoms with E-state index in [9.17, 15) is 9.18 Å². The maximum absolute atomic E-state index is 13.5. The second-order valence-corrected chi connectivity index (χ2v) is 7.13. The van der Waals surface area contributed by atoms with Crippen LogP contribution in [0.4, 0.5) is 4.39 Å². The highest BCUT2D eigenvalue weighted by Crippen LogP contribution is 2.21. The van der Waals surface area contributed by atoms with E-state index in [1.807, 2.05) is 0 Å². The average molecular weight is 362 g/mol. The quantitative estimate of drug-likeness (QED) is 0.771. The van der Waals surface area contributed by atoms with Crippen LogP contribution < -0.4 is 4.74 Å². The molecule has 2 rings (SSSR count). The molecule has 7 heteroatoms. The number of nitrogens with zero attached hydrogens (tertiary/aromatic N) is 4. The number of carbonyl (C=O) groups excluding carboxylic acids is 1. The van der Waals surface area contributed by atoms with Crippen LogP contribution in [-0.2, 0) is 11.3 Å². The third kappa shape index (κ3) is 4.93. The summed E-state index contributed by atoms with van der Waals surface area (Å²) >= 11 is 0. The number of amides is 1. The molecule has 0 bridgehead atoms. The monoisotopic (exact) mass is 362 g/mol. The van der Waals surface area contributed by atoms with E-state index in [0.29, 0.717) is 18.8 Å². The molecule has 1 aromatic rings. The summed E-state index contributed by atoms with van der Waals surface area (Å²) in [6, 6.07) is 6.69. The molecular formula is C19H27FN4O2. The molecule has 0 aliphatic carbocycles. The van der Waals surface area contributed by atoms with E-state index in [2.05, 4.69) is 15.9 Å². The van der Waals surface area contributed by atoms with Crippen molar-refractivity contribution >= 4 is 5.91 Å². The summed E-state index contributed by atoms with van der Waals surface area (Å²) in [5, 5.41) is 9.16. The number of piperazine rings is 1. The molecule has 142 valence electrons. The SMILES string of the molecule is COc1ccc(F)cc1CN1CCN(CC(=O)N(C)C(C)(C)C#N)CC1. The predicted molar refractivity (Wildman–Crippen MR) is 97.1 cm³/mol. The van der Waals surface area contributed by atoms with Gasteiger partial charge in [0.15, 0.2) is 0 Å². The molecule has 0 saturated carbocycles. The van der Waals surface area contributed by atoms with Crippen LogP contribution in [0.25, 0.3) is 0 Å². The van der Waals surface area contributed by atoms with Gasteiger partial charge >= 0.3 is 0 Å². The molecule has 0 radical (unpaired) electrons. The Labute approximate surface area is 154 Å². The Morgan fingerprint density at radius 3 is 2.50 bits per heavy atom. The Balaban J connectivity index is 1.87. The first-order valence-electron chi connectivity index (χ1n) is 8.72. The van der Waals surface area contributed by atoms with E-state index >= 15 is 0 Å². The van der Waals surface area contributed by atoms with Gasteiger partial charge in [0.25, 0.3) is 0 Å². The van der Waals surface area contributed by atoms with E-state index in [4.69, 9.17) is 10.00 Å². The summed E-state index contributed by atoms with van der Waals surface area (Å²) in [7, 11) is 3.25. The minimum atomic E-state index is -0.813. The fraction of sp³-hybridized carbons (Fsp3) is 0.579. The lowest BCUT2D eigenvalue weighted by Gasteiger charge is -2.36. The van der Waals surface area contributed by atoms with E-state index < -0.39 is 5.54 Å². The van der Waals surface area contributed by atoms with E-state index in [1.165, 1.54) is 17.0 Å². The molecule has 6 nitrogen and oxygen atoms in total. The molecule has 1 aliphatic heterocycles. The first-order chi connectivity index (χ1) is 12.3. The summed E-state index contributed by atoms with van der Waals surface area (Å²) in [5.74, 6) is 0.356. The minimum absolute atomic E-state index is 0.0585. The van der Waals surface area contributed by atoms with Gasteiger partial charge in [-0.05, 0) is 32.0 Å². The van der Waals surface area contributed by atoms with Crippen LogP contribution >= 0.6 is 0 Å². The fourth-order valence-electron chi connectivity index (χ4n) is 2.90. The molecule has 0 spiro atoms. The number of hydrogen-bond acceptors (Lipinski definition) is 5. The van der Waals surface area contributed by atoms with Crippen LogP contribution in [0.1, 0.15) is 19.4 Å². The lowest BCUT2D eigenvalue weighted by molar-refractivity contribution is -0.134. The van der Waals surface area contributed by atoms with Crippen molar-refractivity contribution in [1.82, 2.24) is 14.7 Å². The highest BCUT2D eigenvalue weighted by atomic mass is 19.1. The van der Waals surface area contributed by atoms with Gasteiger partial charge in [-0.3, -0.25) is 14.6 Å². The summed E-state index contributed by atoms with van der Waals surface area (Å²) in [6.07, 6.45) is 0. The number of benzene rings is 1. The van der Waals surface area contributed by atoms with Gasteiger partial charge in [-0.2, -0.15) is 5.26 Å². The largest absolute Gasteiger partial charge is 0.496 e. The van der Waals surface area contributed by atoms with Crippen LogP contribution in [0.5, 0.6) is 5.75 Å². The van der Waals surface area contributed by atoms with Crippen molar-refractivity contribution in [2.45, 2.75) is 25.9 Å². The van der Waals surface area contributed by atoms with Gasteiger partial charge in [-0.15, -0.1) is 0 Å². The second kappa shape index (κ2) is 8.47. The fourth-order valence-corrected chi connectivity index (χ4v) is 2.90. The number of rotatable bonds is 6. The number of halogens is 1. The number of hydrogen-bond donors (Lipinski definition) is 0. The first-order valence-corrected chi connectivity index (χ1v) is 8.72. The smallest absolute Gasteiger partial charge is 0.237 e. The minimum Gasteiger partial charge on any atom is -0.496 e. The Bertz CT molecular complexity index is 679. The lowest BCUT2D eigenvalue weighted by atomic mass is 10.1. The van der Waals surface area contributed by atoms with Crippen molar-refractivity contribution in [3.63, 3.8) is 0 Å². The van der Waals surface area contributed by atoms with Crippen LogP contribution in [0.2, 0.25) is 0 Å². The molecule has 26 heavy (non-hydrogen) atoms. The van der Waals surface area contributed by atoms with Gasteiger partial charge < -0.3 is 9.64 Å². The first kappa shape index (κ1) is 20.1. The van der Waals surface area contributed by atoms with Gasteiger partial charge in [-0.25, -0.2) is 4.39 Å². The lowest BCUT2D eigenvalue weighted by Crippen LogP contribution is -2.52. The highest BCUT2D eigenvalue weighted by Gasteiger charge is 2.29. The highest BCUT2D eigenvalue weighted by molar-refractivity contribution is 5.79. The van der Waals surface area contributed by atoms with E-state index in [0.717, 1.165) is 31.7 Å². The third-order valence-corrected chi connectivity index (χ3v) is 4.95. The van der Waals surface area contributed by atoms with Crippen molar-refractivity contribution in [2.75, 3.05) is 46.9 Å². The molecule has 0 N–H and O–H groups in total. The number of ether oxygens (including phenoxy) is 1. The average Bonchev–Trinajstić information content (AvgIpc) is 2.62. The maximum atomic E-state index is 13.5.